The molecule has 1 rings (SSSR count). The zero-order valence-electron chi connectivity index (χ0n) is 11.4. The van der Waals surface area contributed by atoms with Gasteiger partial charge in [-0.3, -0.25) is 0 Å². The first-order valence-corrected chi connectivity index (χ1v) is 8.45. The highest BCUT2D eigenvalue weighted by Crippen LogP contribution is 2.05. The lowest BCUT2D eigenvalue weighted by atomic mass is 10.00. The van der Waals surface area contributed by atoms with E-state index in [1.165, 1.54) is 51.6 Å². The Kier molecular flexibility index (Phi) is 8.82. The summed E-state index contributed by atoms with van der Waals surface area (Å²) in [5, 5.41) is 0. The summed E-state index contributed by atoms with van der Waals surface area (Å²) in [7, 11) is -3.92. The topological polar surface area (TPSA) is 61.6 Å². The Morgan fingerprint density at radius 1 is 1.29 bits per heavy atom. The Hall–Kier alpha value is -0.130. The Morgan fingerprint density at radius 2 is 1.88 bits per heavy atom. The highest BCUT2D eigenvalue weighted by atomic mass is 32.2. The SMILES string of the molecule is CCCC[NH+]1CCCCC1CC.CS(=O)(=O)[O-]. The van der Waals surface area contributed by atoms with Crippen molar-refractivity contribution in [2.75, 3.05) is 19.3 Å². The Labute approximate surface area is 106 Å². The van der Waals surface area contributed by atoms with Crippen LogP contribution in [-0.2, 0) is 10.1 Å². The first kappa shape index (κ1) is 16.9. The molecular weight excluding hydrogens is 238 g/mol. The molecule has 0 aromatic carbocycles. The van der Waals surface area contributed by atoms with Gasteiger partial charge in [-0.25, -0.2) is 8.42 Å². The number of rotatable bonds is 4. The van der Waals surface area contributed by atoms with Crippen molar-refractivity contribution in [3.8, 4) is 0 Å². The Bertz CT molecular complexity index is 269. The lowest BCUT2D eigenvalue weighted by molar-refractivity contribution is -0.931. The van der Waals surface area contributed by atoms with E-state index >= 15 is 0 Å². The van der Waals surface area contributed by atoms with E-state index in [4.69, 9.17) is 13.0 Å². The summed E-state index contributed by atoms with van der Waals surface area (Å²) in [6, 6.07) is 0.991. The van der Waals surface area contributed by atoms with Crippen LogP contribution in [0, 0.1) is 0 Å². The van der Waals surface area contributed by atoms with Crippen molar-refractivity contribution in [2.45, 2.75) is 58.4 Å². The van der Waals surface area contributed by atoms with Gasteiger partial charge >= 0.3 is 0 Å². The van der Waals surface area contributed by atoms with Crippen molar-refractivity contribution in [1.29, 1.82) is 0 Å². The van der Waals surface area contributed by atoms with Gasteiger partial charge in [-0.2, -0.15) is 0 Å². The number of quaternary nitrogens is 1. The third-order valence-electron chi connectivity index (χ3n) is 3.22. The van der Waals surface area contributed by atoms with Gasteiger partial charge in [-0.05, 0) is 32.1 Å². The number of unbranched alkanes of at least 4 members (excludes halogenated alkanes) is 1. The predicted octanol–water partition coefficient (Wildman–Crippen LogP) is 0.795. The molecule has 0 aliphatic carbocycles. The summed E-state index contributed by atoms with van der Waals surface area (Å²) in [6.07, 6.45) is 9.21. The third kappa shape index (κ3) is 10.7. The van der Waals surface area contributed by atoms with Gasteiger partial charge in [0.25, 0.3) is 0 Å². The van der Waals surface area contributed by atoms with Crippen molar-refractivity contribution in [3.63, 3.8) is 0 Å². The average molecular weight is 265 g/mol. The molecule has 0 saturated carbocycles. The minimum Gasteiger partial charge on any atom is -0.748 e. The Morgan fingerprint density at radius 3 is 2.35 bits per heavy atom. The van der Waals surface area contributed by atoms with E-state index < -0.39 is 10.1 Å². The first-order valence-electron chi connectivity index (χ1n) is 6.63. The molecule has 0 spiro atoms. The molecule has 2 atom stereocenters. The summed E-state index contributed by atoms with van der Waals surface area (Å²) in [5.74, 6) is 0. The molecule has 5 heteroatoms. The number of piperidine rings is 1. The van der Waals surface area contributed by atoms with Crippen LogP contribution in [0.4, 0.5) is 0 Å². The minimum absolute atomic E-state index is 0.604. The van der Waals surface area contributed by atoms with Gasteiger partial charge in [0.1, 0.15) is 0 Å². The van der Waals surface area contributed by atoms with E-state index in [2.05, 4.69) is 13.8 Å². The van der Waals surface area contributed by atoms with Crippen LogP contribution in [0.2, 0.25) is 0 Å². The van der Waals surface area contributed by atoms with Crippen LogP contribution in [0.15, 0.2) is 0 Å². The van der Waals surface area contributed by atoms with Gasteiger partial charge < -0.3 is 9.45 Å². The molecule has 1 saturated heterocycles. The molecular formula is C12H27NO3S. The lowest BCUT2D eigenvalue weighted by Crippen LogP contribution is -3.16. The molecule has 4 nitrogen and oxygen atoms in total. The fourth-order valence-electron chi connectivity index (χ4n) is 2.38. The quantitative estimate of drug-likeness (QED) is 0.765. The maximum absolute atomic E-state index is 9.08. The second-order valence-electron chi connectivity index (χ2n) is 4.82. The second-order valence-corrected chi connectivity index (χ2v) is 6.23. The van der Waals surface area contributed by atoms with Gasteiger partial charge in [0.05, 0.1) is 29.2 Å². The van der Waals surface area contributed by atoms with Crippen molar-refractivity contribution in [2.24, 2.45) is 0 Å². The van der Waals surface area contributed by atoms with Gasteiger partial charge in [0.2, 0.25) is 0 Å². The number of hydrogen-bond acceptors (Lipinski definition) is 3. The minimum atomic E-state index is -3.92. The van der Waals surface area contributed by atoms with Crippen LogP contribution < -0.4 is 4.90 Å². The monoisotopic (exact) mass is 265 g/mol. The third-order valence-corrected chi connectivity index (χ3v) is 3.22. The highest BCUT2D eigenvalue weighted by Gasteiger charge is 2.23. The van der Waals surface area contributed by atoms with Crippen molar-refractivity contribution in [1.82, 2.24) is 0 Å². The molecule has 104 valence electrons. The van der Waals surface area contributed by atoms with E-state index in [1.807, 2.05) is 4.90 Å². The fraction of sp³-hybridized carbons (Fsp3) is 1.00. The van der Waals surface area contributed by atoms with Gasteiger partial charge in [0, 0.05) is 6.26 Å². The average Bonchev–Trinajstić information content (AvgIpc) is 2.24. The van der Waals surface area contributed by atoms with Gasteiger partial charge in [0.15, 0.2) is 0 Å². The summed E-state index contributed by atoms with van der Waals surface area (Å²) in [5.41, 5.74) is 0. The zero-order chi connectivity index (χ0) is 13.3. The van der Waals surface area contributed by atoms with E-state index in [-0.39, 0.29) is 0 Å². The molecule has 17 heavy (non-hydrogen) atoms. The molecule has 0 aromatic rings. The van der Waals surface area contributed by atoms with Crippen LogP contribution in [0.5, 0.6) is 0 Å². The summed E-state index contributed by atoms with van der Waals surface area (Å²) in [4.78, 5) is 1.89. The zero-order valence-corrected chi connectivity index (χ0v) is 12.2. The second kappa shape index (κ2) is 8.89. The van der Waals surface area contributed by atoms with E-state index in [0.29, 0.717) is 6.26 Å². The van der Waals surface area contributed by atoms with Gasteiger partial charge in [-0.1, -0.05) is 20.3 Å². The summed E-state index contributed by atoms with van der Waals surface area (Å²) in [6.45, 7) is 7.51. The van der Waals surface area contributed by atoms with Gasteiger partial charge in [-0.15, -0.1) is 0 Å². The van der Waals surface area contributed by atoms with Crippen LogP contribution >= 0.6 is 0 Å². The molecule has 1 aliphatic heterocycles. The van der Waals surface area contributed by atoms with Crippen LogP contribution in [0.1, 0.15) is 52.4 Å². The summed E-state index contributed by atoms with van der Waals surface area (Å²) >= 11 is 0. The molecule has 1 fully saturated rings. The molecule has 0 aromatic heterocycles. The number of likely N-dealkylation sites (tertiary alicyclic amines) is 1. The van der Waals surface area contributed by atoms with E-state index in [1.54, 1.807) is 0 Å². The standard InChI is InChI=1S/C11H23N.CH4O3S/c1-3-5-9-12-10-7-6-8-11(12)4-2;1-5(2,3)4/h11H,3-10H2,1-2H3;1H3,(H,2,3,4). The first-order chi connectivity index (χ1) is 7.88. The largest absolute Gasteiger partial charge is 0.748 e. The van der Waals surface area contributed by atoms with E-state index in [9.17, 15) is 0 Å². The Balaban J connectivity index is 0.000000437. The maximum atomic E-state index is 9.08. The molecule has 0 amide bonds. The van der Waals surface area contributed by atoms with Crippen molar-refractivity contribution < 1.29 is 17.9 Å². The van der Waals surface area contributed by atoms with Crippen molar-refractivity contribution >= 4 is 10.1 Å². The fourth-order valence-corrected chi connectivity index (χ4v) is 2.38. The lowest BCUT2D eigenvalue weighted by Gasteiger charge is -2.31. The van der Waals surface area contributed by atoms with E-state index in [0.717, 1.165) is 6.04 Å². The number of hydrogen-bond donors (Lipinski definition) is 1. The molecule has 1 aliphatic rings. The predicted molar refractivity (Wildman–Crippen MR) is 69.2 cm³/mol. The highest BCUT2D eigenvalue weighted by molar-refractivity contribution is 7.84. The molecule has 2 unspecified atom stereocenters. The molecule has 1 N–H and O–H groups in total. The maximum Gasteiger partial charge on any atom is 0.0916 e. The smallest absolute Gasteiger partial charge is 0.0916 e. The van der Waals surface area contributed by atoms with Crippen LogP contribution in [0.3, 0.4) is 0 Å². The van der Waals surface area contributed by atoms with Crippen LogP contribution in [0.25, 0.3) is 0 Å². The normalized spacial score (nSPS) is 24.9. The number of nitrogens with one attached hydrogen (secondary N) is 1. The van der Waals surface area contributed by atoms with Crippen LogP contribution in [-0.4, -0.2) is 38.4 Å². The summed E-state index contributed by atoms with van der Waals surface area (Å²) < 4.78 is 27.2. The van der Waals surface area contributed by atoms with Crippen molar-refractivity contribution in [3.05, 3.63) is 0 Å². The molecule has 0 bridgehead atoms. The molecule has 1 heterocycles. The molecule has 0 radical (unpaired) electrons.